The van der Waals surface area contributed by atoms with E-state index in [-0.39, 0.29) is 16.5 Å². The molecule has 1 atom stereocenters. The quantitative estimate of drug-likeness (QED) is 0.720. The van der Waals surface area contributed by atoms with Gasteiger partial charge in [0.25, 0.3) is 5.91 Å². The number of rotatable bonds is 8. The average Bonchev–Trinajstić information content (AvgIpc) is 2.43. The molecule has 0 aromatic heterocycles. The van der Waals surface area contributed by atoms with Gasteiger partial charge in [-0.15, -0.1) is 0 Å². The first-order valence-electron chi connectivity index (χ1n) is 6.48. The molecule has 2 N–H and O–H groups in total. The molecule has 0 bridgehead atoms. The van der Waals surface area contributed by atoms with E-state index >= 15 is 0 Å². The highest BCUT2D eigenvalue weighted by Gasteiger charge is 2.15. The van der Waals surface area contributed by atoms with Crippen molar-refractivity contribution < 1.29 is 24.2 Å². The Kier molecular flexibility index (Phi) is 7.14. The summed E-state index contributed by atoms with van der Waals surface area (Å²) in [5, 5.41) is 11.5. The first-order chi connectivity index (χ1) is 9.95. The number of anilines is 1. The Morgan fingerprint density at radius 3 is 2.67 bits per heavy atom. The lowest BCUT2D eigenvalue weighted by atomic mass is 10.2. The lowest BCUT2D eigenvalue weighted by molar-refractivity contribution is -0.127. The second-order valence-electron chi connectivity index (χ2n) is 4.20. The van der Waals surface area contributed by atoms with Crippen LogP contribution in [0.25, 0.3) is 0 Å². The molecular formula is C14H18ClNO5. The Balaban J connectivity index is 2.54. The summed E-state index contributed by atoms with van der Waals surface area (Å²) in [5.74, 6) is -1.46. The van der Waals surface area contributed by atoms with Crippen molar-refractivity contribution in [2.45, 2.75) is 20.0 Å². The number of carbonyl (C=O) groups is 2. The number of carboxylic acid groups (broad SMARTS) is 1. The number of benzene rings is 1. The second kappa shape index (κ2) is 8.61. The summed E-state index contributed by atoms with van der Waals surface area (Å²) in [4.78, 5) is 22.7. The highest BCUT2D eigenvalue weighted by molar-refractivity contribution is 6.33. The number of hydrogen-bond donors (Lipinski definition) is 2. The Morgan fingerprint density at radius 2 is 2.10 bits per heavy atom. The third kappa shape index (κ3) is 5.71. The molecule has 21 heavy (non-hydrogen) atoms. The molecule has 6 nitrogen and oxygen atoms in total. The molecule has 1 unspecified atom stereocenters. The number of amides is 1. The third-order valence-electron chi connectivity index (χ3n) is 2.64. The first kappa shape index (κ1) is 17.4. The Bertz CT molecular complexity index is 506. The minimum Gasteiger partial charge on any atom is -0.478 e. The third-order valence-corrected chi connectivity index (χ3v) is 2.95. The molecule has 116 valence electrons. The zero-order valence-electron chi connectivity index (χ0n) is 11.9. The van der Waals surface area contributed by atoms with Crippen molar-refractivity contribution in [3.05, 3.63) is 28.8 Å². The zero-order chi connectivity index (χ0) is 15.8. The predicted molar refractivity (Wildman–Crippen MR) is 78.9 cm³/mol. The van der Waals surface area contributed by atoms with Crippen LogP contribution in [-0.2, 0) is 14.3 Å². The molecule has 0 saturated heterocycles. The van der Waals surface area contributed by atoms with E-state index in [1.807, 2.05) is 6.92 Å². The highest BCUT2D eigenvalue weighted by atomic mass is 35.5. The molecule has 1 aromatic carbocycles. The molecule has 1 amide bonds. The van der Waals surface area contributed by atoms with Crippen molar-refractivity contribution in [1.82, 2.24) is 0 Å². The number of halogens is 1. The van der Waals surface area contributed by atoms with E-state index < -0.39 is 12.1 Å². The number of ether oxygens (including phenoxy) is 2. The van der Waals surface area contributed by atoms with Crippen molar-refractivity contribution in [1.29, 1.82) is 0 Å². The SMILES string of the molecule is CCOCCOC(C)C(=O)Nc1ccc(C(=O)O)c(Cl)c1. The molecule has 0 saturated carbocycles. The van der Waals surface area contributed by atoms with Gasteiger partial charge in [0.05, 0.1) is 23.8 Å². The minimum atomic E-state index is -1.12. The molecule has 1 aromatic rings. The van der Waals surface area contributed by atoms with Crippen molar-refractivity contribution in [2.24, 2.45) is 0 Å². The molecule has 0 aliphatic heterocycles. The van der Waals surface area contributed by atoms with Gasteiger partial charge in [-0.05, 0) is 32.0 Å². The van der Waals surface area contributed by atoms with Gasteiger partial charge in [-0.3, -0.25) is 4.79 Å². The van der Waals surface area contributed by atoms with Crippen molar-refractivity contribution in [3.8, 4) is 0 Å². The van der Waals surface area contributed by atoms with Gasteiger partial charge in [0.15, 0.2) is 0 Å². The number of hydrogen-bond acceptors (Lipinski definition) is 4. The lowest BCUT2D eigenvalue weighted by Crippen LogP contribution is -2.28. The Hall–Kier alpha value is -1.63. The molecule has 0 spiro atoms. The van der Waals surface area contributed by atoms with Crippen molar-refractivity contribution in [3.63, 3.8) is 0 Å². The molecule has 0 aliphatic carbocycles. The first-order valence-corrected chi connectivity index (χ1v) is 6.86. The normalized spacial score (nSPS) is 12.0. The van der Waals surface area contributed by atoms with Crippen LogP contribution in [0, 0.1) is 0 Å². The Morgan fingerprint density at radius 1 is 1.38 bits per heavy atom. The van der Waals surface area contributed by atoms with Gasteiger partial charge >= 0.3 is 5.97 Å². The van der Waals surface area contributed by atoms with E-state index in [0.717, 1.165) is 0 Å². The van der Waals surface area contributed by atoms with Crippen LogP contribution < -0.4 is 5.32 Å². The van der Waals surface area contributed by atoms with Crippen LogP contribution in [0.3, 0.4) is 0 Å². The van der Waals surface area contributed by atoms with Crippen molar-refractivity contribution >= 4 is 29.2 Å². The standard InChI is InChI=1S/C14H18ClNO5/c1-3-20-6-7-21-9(2)13(17)16-10-4-5-11(14(18)19)12(15)8-10/h4-5,8-9H,3,6-7H2,1-2H3,(H,16,17)(H,18,19). The van der Waals surface area contributed by atoms with Gasteiger partial charge in [0.1, 0.15) is 6.10 Å². The largest absolute Gasteiger partial charge is 0.478 e. The van der Waals surface area contributed by atoms with Gasteiger partial charge in [-0.1, -0.05) is 11.6 Å². The lowest BCUT2D eigenvalue weighted by Gasteiger charge is -2.13. The topological polar surface area (TPSA) is 84.9 Å². The molecule has 0 fully saturated rings. The van der Waals surface area contributed by atoms with Crippen molar-refractivity contribution in [2.75, 3.05) is 25.1 Å². The fourth-order valence-corrected chi connectivity index (χ4v) is 1.78. The monoisotopic (exact) mass is 315 g/mol. The number of nitrogens with one attached hydrogen (secondary N) is 1. The summed E-state index contributed by atoms with van der Waals surface area (Å²) < 4.78 is 10.4. The fourth-order valence-electron chi connectivity index (χ4n) is 1.51. The summed E-state index contributed by atoms with van der Waals surface area (Å²) >= 11 is 5.83. The maximum absolute atomic E-state index is 11.9. The van der Waals surface area contributed by atoms with Crippen LogP contribution in [0.4, 0.5) is 5.69 Å². The summed E-state index contributed by atoms with van der Waals surface area (Å²) in [6.07, 6.45) is -0.650. The van der Waals surface area contributed by atoms with E-state index in [0.29, 0.717) is 25.5 Å². The maximum Gasteiger partial charge on any atom is 0.337 e. The van der Waals surface area contributed by atoms with Gasteiger partial charge in [0.2, 0.25) is 0 Å². The van der Waals surface area contributed by atoms with Crippen LogP contribution >= 0.6 is 11.6 Å². The molecule has 0 aliphatic rings. The van der Waals surface area contributed by atoms with E-state index in [9.17, 15) is 9.59 Å². The second-order valence-corrected chi connectivity index (χ2v) is 4.61. The van der Waals surface area contributed by atoms with Gasteiger partial charge in [-0.2, -0.15) is 0 Å². The molecule has 0 heterocycles. The predicted octanol–water partition coefficient (Wildman–Crippen LogP) is 2.42. The fraction of sp³-hybridized carbons (Fsp3) is 0.429. The van der Waals surface area contributed by atoms with E-state index in [2.05, 4.69) is 5.32 Å². The molecule has 7 heteroatoms. The van der Waals surface area contributed by atoms with Gasteiger partial charge in [-0.25, -0.2) is 4.79 Å². The molecule has 0 radical (unpaired) electrons. The van der Waals surface area contributed by atoms with Gasteiger partial charge in [0, 0.05) is 12.3 Å². The highest BCUT2D eigenvalue weighted by Crippen LogP contribution is 2.21. The van der Waals surface area contributed by atoms with Crippen LogP contribution in [-0.4, -0.2) is 42.9 Å². The number of carboxylic acids is 1. The smallest absolute Gasteiger partial charge is 0.337 e. The Labute approximate surface area is 128 Å². The van der Waals surface area contributed by atoms with Crippen LogP contribution in [0.1, 0.15) is 24.2 Å². The number of aromatic carboxylic acids is 1. The maximum atomic E-state index is 11.9. The van der Waals surface area contributed by atoms with E-state index in [1.165, 1.54) is 18.2 Å². The van der Waals surface area contributed by atoms with E-state index in [1.54, 1.807) is 6.92 Å². The average molecular weight is 316 g/mol. The van der Waals surface area contributed by atoms with Crippen LogP contribution in [0.15, 0.2) is 18.2 Å². The molecule has 1 rings (SSSR count). The summed E-state index contributed by atoms with van der Waals surface area (Å²) in [5.41, 5.74) is 0.394. The molecular weight excluding hydrogens is 298 g/mol. The van der Waals surface area contributed by atoms with Gasteiger partial charge < -0.3 is 19.9 Å². The minimum absolute atomic E-state index is 0.0179. The summed E-state index contributed by atoms with van der Waals surface area (Å²) in [6, 6.07) is 4.19. The zero-order valence-corrected chi connectivity index (χ0v) is 12.6. The van der Waals surface area contributed by atoms with E-state index in [4.69, 9.17) is 26.2 Å². The summed E-state index contributed by atoms with van der Waals surface area (Å²) in [6.45, 7) is 4.84. The van der Waals surface area contributed by atoms with Crippen LogP contribution in [0.2, 0.25) is 5.02 Å². The number of carbonyl (C=O) groups excluding carboxylic acids is 1. The van der Waals surface area contributed by atoms with Crippen LogP contribution in [0.5, 0.6) is 0 Å². The summed E-state index contributed by atoms with van der Waals surface area (Å²) in [7, 11) is 0.